The summed E-state index contributed by atoms with van der Waals surface area (Å²) in [6, 6.07) is 0. The lowest BCUT2D eigenvalue weighted by molar-refractivity contribution is -0.0591. The molecule has 0 spiro atoms. The first-order valence-corrected chi connectivity index (χ1v) is 3.20. The van der Waals surface area contributed by atoms with Crippen molar-refractivity contribution in [2.45, 2.75) is 20.0 Å². The van der Waals surface area contributed by atoms with Crippen LogP contribution in [0.4, 0.5) is 13.2 Å². The van der Waals surface area contributed by atoms with Crippen LogP contribution < -0.4 is 0 Å². The van der Waals surface area contributed by atoms with E-state index in [9.17, 15) is 13.2 Å². The smallest absolute Gasteiger partial charge is 0.429 e. The number of hydrogen-bond donors (Lipinski definition) is 0. The molecule has 0 aromatic rings. The Bertz CT molecular complexity index is 205. The topological polar surface area (TPSA) is 21.6 Å². The lowest BCUT2D eigenvalue weighted by atomic mass is 10.4. The van der Waals surface area contributed by atoms with E-state index >= 15 is 0 Å². The zero-order valence-corrected chi connectivity index (χ0v) is 7.07. The van der Waals surface area contributed by atoms with Crippen LogP contribution in [0.15, 0.2) is 17.0 Å². The second kappa shape index (κ2) is 4.13. The molecule has 70 valence electrons. The van der Waals surface area contributed by atoms with E-state index in [2.05, 4.69) is 9.73 Å². The third-order valence-electron chi connectivity index (χ3n) is 1.17. The minimum Gasteiger partial charge on any atom is -0.500 e. The van der Waals surface area contributed by atoms with Crippen LogP contribution in [0.1, 0.15) is 13.8 Å². The molecular weight excluding hydrogens is 171 g/mol. The second-order valence-corrected chi connectivity index (χ2v) is 2.16. The first kappa shape index (κ1) is 11.0. The van der Waals surface area contributed by atoms with Crippen LogP contribution in [0.5, 0.6) is 0 Å². The molecule has 0 aliphatic carbocycles. The average Bonchev–Trinajstić information content (AvgIpc) is 1.97. The number of alkyl halides is 3. The number of halogens is 3. The molecule has 0 saturated carbocycles. The SMILES string of the molecule is CO/C(C)=C/N=C(\C)C(F)(F)F. The molecule has 5 heteroatoms. The highest BCUT2D eigenvalue weighted by Gasteiger charge is 2.31. The van der Waals surface area contributed by atoms with E-state index in [1.165, 1.54) is 14.0 Å². The van der Waals surface area contributed by atoms with Gasteiger partial charge in [-0.2, -0.15) is 13.2 Å². The fourth-order valence-electron chi connectivity index (χ4n) is 0.314. The lowest BCUT2D eigenvalue weighted by Crippen LogP contribution is -2.18. The van der Waals surface area contributed by atoms with Crippen molar-refractivity contribution in [2.75, 3.05) is 7.11 Å². The van der Waals surface area contributed by atoms with Crippen LogP contribution in [0.3, 0.4) is 0 Å². The van der Waals surface area contributed by atoms with Gasteiger partial charge in [0.1, 0.15) is 11.5 Å². The van der Waals surface area contributed by atoms with Crippen molar-refractivity contribution in [3.8, 4) is 0 Å². The monoisotopic (exact) mass is 181 g/mol. The van der Waals surface area contributed by atoms with Gasteiger partial charge in [-0.15, -0.1) is 0 Å². The van der Waals surface area contributed by atoms with Gasteiger partial charge in [-0.3, -0.25) is 4.99 Å². The van der Waals surface area contributed by atoms with E-state index < -0.39 is 11.9 Å². The molecule has 2 nitrogen and oxygen atoms in total. The molecule has 0 heterocycles. The van der Waals surface area contributed by atoms with E-state index in [0.29, 0.717) is 5.76 Å². The van der Waals surface area contributed by atoms with Gasteiger partial charge in [-0.05, 0) is 13.8 Å². The van der Waals surface area contributed by atoms with Crippen molar-refractivity contribution in [1.29, 1.82) is 0 Å². The summed E-state index contributed by atoms with van der Waals surface area (Å²) in [6.07, 6.45) is -3.33. The third kappa shape index (κ3) is 4.00. The van der Waals surface area contributed by atoms with Gasteiger partial charge in [0.05, 0.1) is 13.3 Å². The van der Waals surface area contributed by atoms with Crippen molar-refractivity contribution in [2.24, 2.45) is 4.99 Å². The van der Waals surface area contributed by atoms with Gasteiger partial charge in [0.15, 0.2) is 0 Å². The molecule has 0 bridgehead atoms. The summed E-state index contributed by atoms with van der Waals surface area (Å²) in [7, 11) is 1.37. The molecule has 0 unspecified atom stereocenters. The maximum atomic E-state index is 11.8. The molecule has 0 aromatic heterocycles. The summed E-state index contributed by atoms with van der Waals surface area (Å²) in [5.74, 6) is 0.332. The van der Waals surface area contributed by atoms with Gasteiger partial charge in [0.25, 0.3) is 0 Å². The molecule has 0 radical (unpaired) electrons. The highest BCUT2D eigenvalue weighted by atomic mass is 19.4. The first-order valence-electron chi connectivity index (χ1n) is 3.20. The highest BCUT2D eigenvalue weighted by Crippen LogP contribution is 2.17. The normalized spacial score (nSPS) is 14.8. The van der Waals surface area contributed by atoms with Gasteiger partial charge in [-0.25, -0.2) is 0 Å². The predicted octanol–water partition coefficient (Wildman–Crippen LogP) is 2.52. The molecule has 0 fully saturated rings. The lowest BCUT2D eigenvalue weighted by Gasteiger charge is -2.03. The minimum absolute atomic E-state index is 0.332. The number of ether oxygens (including phenoxy) is 1. The van der Waals surface area contributed by atoms with Crippen molar-refractivity contribution in [1.82, 2.24) is 0 Å². The predicted molar refractivity (Wildman–Crippen MR) is 39.9 cm³/mol. The molecule has 0 rings (SSSR count). The zero-order chi connectivity index (χ0) is 9.78. The van der Waals surface area contributed by atoms with Crippen molar-refractivity contribution in [3.05, 3.63) is 12.0 Å². The number of hydrogen-bond acceptors (Lipinski definition) is 2. The second-order valence-electron chi connectivity index (χ2n) is 2.16. The summed E-state index contributed by atoms with van der Waals surface area (Å²) in [5.41, 5.74) is -0.890. The van der Waals surface area contributed by atoms with Gasteiger partial charge >= 0.3 is 6.18 Å². The summed E-state index contributed by atoms with van der Waals surface area (Å²) in [6.45, 7) is 2.42. The van der Waals surface area contributed by atoms with Gasteiger partial charge in [0.2, 0.25) is 0 Å². The number of aliphatic imine (C=N–C) groups is 1. The average molecular weight is 181 g/mol. The van der Waals surface area contributed by atoms with Crippen molar-refractivity contribution < 1.29 is 17.9 Å². The van der Waals surface area contributed by atoms with E-state index in [-0.39, 0.29) is 0 Å². The van der Waals surface area contributed by atoms with Crippen LogP contribution >= 0.6 is 0 Å². The summed E-state index contributed by atoms with van der Waals surface area (Å²) >= 11 is 0. The standard InChI is InChI=1S/C7H10F3NO/c1-5(12-3)4-11-6(2)7(8,9)10/h4H,1-3H3/b5-4+,11-6+. The Morgan fingerprint density at radius 1 is 1.33 bits per heavy atom. The maximum Gasteiger partial charge on any atom is 0.429 e. The van der Waals surface area contributed by atoms with E-state index in [1.807, 2.05) is 0 Å². The van der Waals surface area contributed by atoms with Crippen molar-refractivity contribution in [3.63, 3.8) is 0 Å². The minimum atomic E-state index is -4.36. The van der Waals surface area contributed by atoms with E-state index in [4.69, 9.17) is 0 Å². The maximum absolute atomic E-state index is 11.8. The number of nitrogens with zero attached hydrogens (tertiary/aromatic N) is 1. The Hall–Kier alpha value is -1.00. The van der Waals surface area contributed by atoms with Gasteiger partial charge in [-0.1, -0.05) is 0 Å². The fraction of sp³-hybridized carbons (Fsp3) is 0.571. The van der Waals surface area contributed by atoms with Crippen LogP contribution in [0.2, 0.25) is 0 Å². The van der Waals surface area contributed by atoms with Crippen LogP contribution in [-0.2, 0) is 4.74 Å². The fourth-order valence-corrected chi connectivity index (χ4v) is 0.314. The molecule has 0 aliphatic heterocycles. The zero-order valence-electron chi connectivity index (χ0n) is 7.07. The van der Waals surface area contributed by atoms with Crippen LogP contribution in [0.25, 0.3) is 0 Å². The molecule has 0 aliphatic rings. The Morgan fingerprint density at radius 3 is 2.17 bits per heavy atom. The number of methoxy groups -OCH3 is 1. The van der Waals surface area contributed by atoms with E-state index in [1.54, 1.807) is 0 Å². The molecule has 0 amide bonds. The van der Waals surface area contributed by atoms with Crippen LogP contribution in [0, 0.1) is 0 Å². The summed E-state index contributed by atoms with van der Waals surface area (Å²) < 4.78 is 40.0. The molecule has 0 saturated heterocycles. The van der Waals surface area contributed by atoms with Gasteiger partial charge < -0.3 is 4.74 Å². The Kier molecular flexibility index (Phi) is 3.79. The van der Waals surface area contributed by atoms with Gasteiger partial charge in [0, 0.05) is 0 Å². The first-order chi connectivity index (χ1) is 5.38. The molecule has 0 aromatic carbocycles. The highest BCUT2D eigenvalue weighted by molar-refractivity contribution is 5.87. The molecular formula is C7H10F3NO. The largest absolute Gasteiger partial charge is 0.500 e. The van der Waals surface area contributed by atoms with Crippen LogP contribution in [-0.4, -0.2) is 19.0 Å². The van der Waals surface area contributed by atoms with Crippen molar-refractivity contribution >= 4 is 5.71 Å². The Labute approximate surface area is 68.7 Å². The molecule has 0 atom stereocenters. The third-order valence-corrected chi connectivity index (χ3v) is 1.17. The van der Waals surface area contributed by atoms with E-state index in [0.717, 1.165) is 13.1 Å². The number of rotatable bonds is 2. The Balaban J connectivity index is 4.39. The summed E-state index contributed by atoms with van der Waals surface area (Å²) in [4.78, 5) is 3.17. The molecule has 12 heavy (non-hydrogen) atoms. The summed E-state index contributed by atoms with van der Waals surface area (Å²) in [5, 5.41) is 0. The quantitative estimate of drug-likeness (QED) is 0.473. The molecule has 0 N–H and O–H groups in total. The number of allylic oxidation sites excluding steroid dienone is 1. The Morgan fingerprint density at radius 2 is 1.83 bits per heavy atom.